The van der Waals surface area contributed by atoms with Crippen LogP contribution in [0, 0.1) is 16.7 Å². The molecule has 0 atom stereocenters. The Morgan fingerprint density at radius 3 is 2.48 bits per heavy atom. The minimum absolute atomic E-state index is 0.0475. The van der Waals surface area contributed by atoms with Crippen molar-refractivity contribution in [2.45, 2.75) is 25.8 Å². The second-order valence-electron chi connectivity index (χ2n) is 7.55. The number of carbonyl (C=O) groups is 1. The van der Waals surface area contributed by atoms with Crippen molar-refractivity contribution in [3.05, 3.63) is 76.9 Å². The number of phenols is 1. The third-order valence-electron chi connectivity index (χ3n) is 5.45. The highest BCUT2D eigenvalue weighted by atomic mass is 16.3. The number of benzene rings is 3. The monoisotopic (exact) mass is 414 g/mol. The van der Waals surface area contributed by atoms with Crippen molar-refractivity contribution < 1.29 is 9.90 Å². The maximum atomic E-state index is 10.6. The molecule has 31 heavy (non-hydrogen) atoms. The van der Waals surface area contributed by atoms with E-state index in [1.165, 1.54) is 73.1 Å². The van der Waals surface area contributed by atoms with Crippen LogP contribution in [0.2, 0.25) is 0 Å². The third-order valence-corrected chi connectivity index (χ3v) is 5.45. The average Bonchev–Trinajstić information content (AvgIpc) is 2.80. The highest BCUT2D eigenvalue weighted by Crippen LogP contribution is 2.24. The molecule has 1 amide bonds. The van der Waals surface area contributed by atoms with Gasteiger partial charge in [0, 0.05) is 18.3 Å². The molecule has 0 aliphatic carbocycles. The number of nitrogens with one attached hydrogen (secondary N) is 1. The smallest absolute Gasteiger partial charge is 0.248 e. The Labute approximate surface area is 182 Å². The number of fused-ring (bicyclic) bond motifs is 1. The van der Waals surface area contributed by atoms with Gasteiger partial charge in [-0.05, 0) is 66.0 Å². The van der Waals surface area contributed by atoms with Gasteiger partial charge in [-0.15, -0.1) is 0 Å². The molecule has 6 heteroatoms. The summed E-state index contributed by atoms with van der Waals surface area (Å²) in [6.45, 7) is 3.49. The van der Waals surface area contributed by atoms with Crippen LogP contribution >= 0.6 is 0 Å². The standard InChI is InChI=1S/C17H20N2.C8H6N2O2/c18-12-14-6-4-9-17-15(7-5-8-16(14)17)13-19-10-2-1-3-11-19;9-4-6-3-5(8(10)12)1-2-7(6)11/h4-9,12,18H,1-3,10-11,13H2;1-3,11H,(H2,10,12). The van der Waals surface area contributed by atoms with E-state index in [1.807, 2.05) is 6.07 Å². The zero-order valence-electron chi connectivity index (χ0n) is 17.3. The fourth-order valence-corrected chi connectivity index (χ4v) is 3.80. The number of aromatic hydroxyl groups is 1. The normalized spacial score (nSPS) is 13.6. The fraction of sp³-hybridized carbons (Fsp3) is 0.240. The number of nitriles is 1. The first-order valence-electron chi connectivity index (χ1n) is 10.3. The van der Waals surface area contributed by atoms with E-state index < -0.39 is 5.91 Å². The molecule has 1 fully saturated rings. The summed E-state index contributed by atoms with van der Waals surface area (Å²) in [5.74, 6) is -0.769. The number of primary amides is 1. The molecule has 1 heterocycles. The number of piperidine rings is 1. The average molecular weight is 415 g/mol. The molecule has 3 aromatic carbocycles. The molecule has 3 aromatic rings. The van der Waals surface area contributed by atoms with Crippen molar-refractivity contribution >= 4 is 22.9 Å². The summed E-state index contributed by atoms with van der Waals surface area (Å²) >= 11 is 0. The van der Waals surface area contributed by atoms with Gasteiger partial charge in [-0.1, -0.05) is 42.8 Å². The minimum Gasteiger partial charge on any atom is -0.507 e. The third kappa shape index (κ3) is 5.47. The van der Waals surface area contributed by atoms with Gasteiger partial charge in [0.15, 0.2) is 0 Å². The molecular weight excluding hydrogens is 388 g/mol. The van der Waals surface area contributed by atoms with Crippen LogP contribution < -0.4 is 5.73 Å². The number of hydrogen-bond donors (Lipinski definition) is 3. The first-order valence-corrected chi connectivity index (χ1v) is 10.3. The summed E-state index contributed by atoms with van der Waals surface area (Å²) in [6, 6.07) is 18.3. The second-order valence-corrected chi connectivity index (χ2v) is 7.55. The number of carbonyl (C=O) groups excluding carboxylic acids is 1. The van der Waals surface area contributed by atoms with Crippen LogP contribution in [0.15, 0.2) is 54.6 Å². The first-order chi connectivity index (χ1) is 15.0. The number of phenolic OH excluding ortho intramolecular Hbond substituents is 1. The fourth-order valence-electron chi connectivity index (χ4n) is 3.80. The van der Waals surface area contributed by atoms with E-state index in [0.29, 0.717) is 0 Å². The molecule has 0 spiro atoms. The van der Waals surface area contributed by atoms with Crippen molar-refractivity contribution in [1.29, 1.82) is 10.7 Å². The van der Waals surface area contributed by atoms with E-state index in [4.69, 9.17) is 21.5 Å². The lowest BCUT2D eigenvalue weighted by Gasteiger charge is -2.27. The minimum atomic E-state index is -0.619. The summed E-state index contributed by atoms with van der Waals surface area (Å²) in [4.78, 5) is 13.2. The van der Waals surface area contributed by atoms with E-state index in [0.717, 1.165) is 12.1 Å². The van der Waals surface area contributed by atoms with Gasteiger partial charge >= 0.3 is 0 Å². The maximum absolute atomic E-state index is 10.6. The summed E-state index contributed by atoms with van der Waals surface area (Å²) in [5.41, 5.74) is 7.62. The van der Waals surface area contributed by atoms with Gasteiger partial charge in [0.2, 0.25) is 5.91 Å². The van der Waals surface area contributed by atoms with E-state index in [1.54, 1.807) is 6.07 Å². The molecule has 158 valence electrons. The Hall–Kier alpha value is -3.69. The summed E-state index contributed by atoms with van der Waals surface area (Å²) in [7, 11) is 0. The van der Waals surface area contributed by atoms with Crippen molar-refractivity contribution in [2.75, 3.05) is 13.1 Å². The molecule has 4 rings (SSSR count). The van der Waals surface area contributed by atoms with Crippen LogP contribution in [-0.2, 0) is 6.54 Å². The summed E-state index contributed by atoms with van der Waals surface area (Å²) < 4.78 is 0. The number of likely N-dealkylation sites (tertiary alicyclic amines) is 1. The van der Waals surface area contributed by atoms with Crippen molar-refractivity contribution in [3.63, 3.8) is 0 Å². The van der Waals surface area contributed by atoms with E-state index in [9.17, 15) is 4.79 Å². The molecule has 4 N–H and O–H groups in total. The zero-order chi connectivity index (χ0) is 22.2. The van der Waals surface area contributed by atoms with Gasteiger partial charge in [0.05, 0.1) is 5.56 Å². The highest BCUT2D eigenvalue weighted by Gasteiger charge is 2.12. The lowest BCUT2D eigenvalue weighted by atomic mass is 9.99. The number of amides is 1. The molecule has 0 bridgehead atoms. The number of hydrogen-bond acceptors (Lipinski definition) is 5. The Balaban J connectivity index is 0.000000196. The molecule has 6 nitrogen and oxygen atoms in total. The quantitative estimate of drug-likeness (QED) is 0.555. The van der Waals surface area contributed by atoms with Crippen LogP contribution in [-0.4, -0.2) is 35.2 Å². The SMILES string of the molecule is N#Cc1cc(C(N)=O)ccc1O.N=Cc1cccc2c(CN3CCCCC3)cccc12. The topological polar surface area (TPSA) is 114 Å². The predicted octanol–water partition coefficient (Wildman–Crippen LogP) is 4.19. The van der Waals surface area contributed by atoms with Crippen molar-refractivity contribution in [1.82, 2.24) is 4.90 Å². The first kappa shape index (κ1) is 22.0. The lowest BCUT2D eigenvalue weighted by Crippen LogP contribution is -2.29. The number of nitrogens with zero attached hydrogens (tertiary/aromatic N) is 2. The second kappa shape index (κ2) is 10.4. The van der Waals surface area contributed by atoms with Crippen LogP contribution in [0.3, 0.4) is 0 Å². The molecular formula is C25H26N4O2. The Morgan fingerprint density at radius 2 is 1.81 bits per heavy atom. The van der Waals surface area contributed by atoms with E-state index >= 15 is 0 Å². The van der Waals surface area contributed by atoms with E-state index in [2.05, 4.69) is 35.2 Å². The lowest BCUT2D eigenvalue weighted by molar-refractivity contribution is 0.1000. The van der Waals surface area contributed by atoms with Gasteiger partial charge in [-0.25, -0.2) is 0 Å². The highest BCUT2D eigenvalue weighted by molar-refractivity contribution is 6.00. The largest absolute Gasteiger partial charge is 0.507 e. The van der Waals surface area contributed by atoms with E-state index in [-0.39, 0.29) is 16.9 Å². The van der Waals surface area contributed by atoms with Crippen LogP contribution in [0.4, 0.5) is 0 Å². The Morgan fingerprint density at radius 1 is 1.10 bits per heavy atom. The Bertz CT molecular complexity index is 1130. The number of rotatable bonds is 4. The van der Waals surface area contributed by atoms with Crippen LogP contribution in [0.25, 0.3) is 10.8 Å². The molecule has 0 radical (unpaired) electrons. The summed E-state index contributed by atoms with van der Waals surface area (Å²) in [6.07, 6.45) is 5.49. The van der Waals surface area contributed by atoms with Crippen LogP contribution in [0.1, 0.15) is 46.3 Å². The molecule has 1 aliphatic heterocycles. The maximum Gasteiger partial charge on any atom is 0.248 e. The Kier molecular flexibility index (Phi) is 7.36. The van der Waals surface area contributed by atoms with Gasteiger partial charge in [-0.3, -0.25) is 9.69 Å². The van der Waals surface area contributed by atoms with Gasteiger partial charge < -0.3 is 16.2 Å². The molecule has 0 aromatic heterocycles. The van der Waals surface area contributed by atoms with Crippen molar-refractivity contribution in [3.8, 4) is 11.8 Å². The molecule has 0 saturated carbocycles. The van der Waals surface area contributed by atoms with Gasteiger partial charge in [0.25, 0.3) is 0 Å². The zero-order valence-corrected chi connectivity index (χ0v) is 17.3. The predicted molar refractivity (Wildman–Crippen MR) is 122 cm³/mol. The van der Waals surface area contributed by atoms with Gasteiger partial charge in [-0.2, -0.15) is 5.26 Å². The molecule has 1 aliphatic rings. The van der Waals surface area contributed by atoms with Crippen LogP contribution in [0.5, 0.6) is 5.75 Å². The molecule has 0 unspecified atom stereocenters. The van der Waals surface area contributed by atoms with Crippen molar-refractivity contribution in [2.24, 2.45) is 5.73 Å². The summed E-state index contributed by atoms with van der Waals surface area (Å²) in [5, 5.41) is 27.5. The number of nitrogens with two attached hydrogens (primary N) is 1. The van der Waals surface area contributed by atoms with Gasteiger partial charge in [0.1, 0.15) is 11.8 Å². The molecule has 1 saturated heterocycles.